The smallest absolute Gasteiger partial charge is 0.241 e. The highest BCUT2D eigenvalue weighted by molar-refractivity contribution is 7.88. The zero-order valence-electron chi connectivity index (χ0n) is 10.4. The minimum atomic E-state index is -3.55. The second kappa shape index (κ2) is 6.46. The first-order chi connectivity index (χ1) is 8.81. The average Bonchev–Trinajstić information content (AvgIpc) is 2.30. The molecule has 104 valence electrons. The fourth-order valence-electron chi connectivity index (χ4n) is 1.44. The molecule has 0 saturated heterocycles. The summed E-state index contributed by atoms with van der Waals surface area (Å²) in [6, 6.07) is 5.71. The Morgan fingerprint density at radius 2 is 1.95 bits per heavy atom. The number of carbonyl (C=O) groups excluding carboxylic acids is 1. The van der Waals surface area contributed by atoms with Gasteiger partial charge in [-0.2, -0.15) is 0 Å². The lowest BCUT2D eigenvalue weighted by atomic mass is 10.2. The minimum Gasteiger partial charge on any atom is -0.325 e. The zero-order chi connectivity index (χ0) is 14.5. The van der Waals surface area contributed by atoms with Crippen molar-refractivity contribution >= 4 is 21.6 Å². The fourth-order valence-corrected chi connectivity index (χ4v) is 2.10. The van der Waals surface area contributed by atoms with E-state index in [1.54, 1.807) is 30.3 Å². The van der Waals surface area contributed by atoms with Crippen LogP contribution in [0.5, 0.6) is 0 Å². The Kier molecular flexibility index (Phi) is 5.22. The number of nitrogens with one attached hydrogen (secondary N) is 1. The van der Waals surface area contributed by atoms with Crippen LogP contribution in [0.2, 0.25) is 0 Å². The number of sulfonamides is 1. The average molecular weight is 283 g/mol. The third-order valence-electron chi connectivity index (χ3n) is 2.35. The third kappa shape index (κ3) is 5.64. The van der Waals surface area contributed by atoms with Gasteiger partial charge in [-0.05, 0) is 24.1 Å². The minimum absolute atomic E-state index is 0.239. The van der Waals surface area contributed by atoms with Crippen LogP contribution in [0.3, 0.4) is 0 Å². The molecule has 1 atom stereocenters. The van der Waals surface area contributed by atoms with Gasteiger partial charge in [-0.1, -0.05) is 18.2 Å². The van der Waals surface area contributed by atoms with E-state index in [-0.39, 0.29) is 11.7 Å². The largest absolute Gasteiger partial charge is 0.325 e. The topological polar surface area (TPSA) is 115 Å². The SMILES string of the molecule is C=CCC(N)C(=O)Nc1ccc(CS(N)(=O)=O)cc1. The molecule has 0 aliphatic heterocycles. The van der Waals surface area contributed by atoms with E-state index in [9.17, 15) is 13.2 Å². The maximum atomic E-state index is 11.6. The summed E-state index contributed by atoms with van der Waals surface area (Å²) < 4.78 is 21.8. The molecule has 7 heteroatoms. The number of hydrogen-bond donors (Lipinski definition) is 3. The number of hydrogen-bond acceptors (Lipinski definition) is 4. The van der Waals surface area contributed by atoms with Gasteiger partial charge >= 0.3 is 0 Å². The van der Waals surface area contributed by atoms with Crippen LogP contribution in [0.4, 0.5) is 5.69 Å². The molecule has 19 heavy (non-hydrogen) atoms. The predicted molar refractivity (Wildman–Crippen MR) is 74.7 cm³/mol. The Labute approximate surface area is 112 Å². The molecule has 1 unspecified atom stereocenters. The molecule has 1 aromatic rings. The molecule has 0 fully saturated rings. The van der Waals surface area contributed by atoms with E-state index in [4.69, 9.17) is 10.9 Å². The molecule has 0 spiro atoms. The van der Waals surface area contributed by atoms with E-state index in [0.29, 0.717) is 17.7 Å². The summed E-state index contributed by atoms with van der Waals surface area (Å²) in [4.78, 5) is 11.6. The summed E-state index contributed by atoms with van der Waals surface area (Å²) in [7, 11) is -3.55. The normalized spacial score (nSPS) is 12.7. The molecule has 1 aromatic carbocycles. The van der Waals surface area contributed by atoms with Crippen molar-refractivity contribution in [1.29, 1.82) is 0 Å². The summed E-state index contributed by atoms with van der Waals surface area (Å²) >= 11 is 0. The standard InChI is InChI=1S/C12H17N3O3S/c1-2-3-11(13)12(16)15-10-6-4-9(5-7-10)8-19(14,17)18/h2,4-7,11H,1,3,8,13H2,(H,15,16)(H2,14,17,18). The molecule has 0 bridgehead atoms. The van der Waals surface area contributed by atoms with E-state index >= 15 is 0 Å². The number of carbonyl (C=O) groups is 1. The van der Waals surface area contributed by atoms with Crippen molar-refractivity contribution in [2.45, 2.75) is 18.2 Å². The second-order valence-electron chi connectivity index (χ2n) is 4.12. The van der Waals surface area contributed by atoms with E-state index in [2.05, 4.69) is 11.9 Å². The first-order valence-corrected chi connectivity index (χ1v) is 7.30. The lowest BCUT2D eigenvalue weighted by Gasteiger charge is -2.10. The summed E-state index contributed by atoms with van der Waals surface area (Å²) in [6.45, 7) is 3.51. The quantitative estimate of drug-likeness (QED) is 0.652. The van der Waals surface area contributed by atoms with E-state index in [1.165, 1.54) is 0 Å². The van der Waals surface area contributed by atoms with Crippen LogP contribution in [-0.2, 0) is 20.6 Å². The highest BCUT2D eigenvalue weighted by atomic mass is 32.2. The van der Waals surface area contributed by atoms with E-state index < -0.39 is 16.1 Å². The summed E-state index contributed by atoms with van der Waals surface area (Å²) in [5.74, 6) is -0.559. The van der Waals surface area contributed by atoms with Gasteiger partial charge in [-0.15, -0.1) is 6.58 Å². The molecule has 5 N–H and O–H groups in total. The Bertz CT molecular complexity index is 552. The van der Waals surface area contributed by atoms with Gasteiger partial charge in [-0.3, -0.25) is 4.79 Å². The van der Waals surface area contributed by atoms with Gasteiger partial charge in [0.15, 0.2) is 0 Å². The molecule has 0 aromatic heterocycles. The molecule has 6 nitrogen and oxygen atoms in total. The van der Waals surface area contributed by atoms with Gasteiger partial charge in [0.2, 0.25) is 15.9 Å². The Morgan fingerprint density at radius 1 is 1.37 bits per heavy atom. The number of amides is 1. The van der Waals surface area contributed by atoms with Crippen LogP contribution >= 0.6 is 0 Å². The van der Waals surface area contributed by atoms with Crippen LogP contribution in [0.1, 0.15) is 12.0 Å². The van der Waals surface area contributed by atoms with Gasteiger partial charge in [0, 0.05) is 5.69 Å². The van der Waals surface area contributed by atoms with Gasteiger partial charge < -0.3 is 11.1 Å². The van der Waals surface area contributed by atoms with Crippen LogP contribution in [0.15, 0.2) is 36.9 Å². The van der Waals surface area contributed by atoms with Gasteiger partial charge in [0.25, 0.3) is 0 Å². The molecule has 0 aliphatic rings. The summed E-state index contributed by atoms with van der Waals surface area (Å²) in [5.41, 5.74) is 6.71. The monoisotopic (exact) mass is 283 g/mol. The highest BCUT2D eigenvalue weighted by Crippen LogP contribution is 2.11. The van der Waals surface area contributed by atoms with Crippen molar-refractivity contribution in [3.05, 3.63) is 42.5 Å². The predicted octanol–water partition coefficient (Wildman–Crippen LogP) is 0.317. The molecule has 1 amide bonds. The highest BCUT2D eigenvalue weighted by Gasteiger charge is 2.11. The van der Waals surface area contributed by atoms with Crippen molar-refractivity contribution in [2.75, 3.05) is 5.32 Å². The zero-order valence-corrected chi connectivity index (χ0v) is 11.2. The van der Waals surface area contributed by atoms with Gasteiger partial charge in [0.05, 0.1) is 11.8 Å². The molecule has 1 rings (SSSR count). The molecular formula is C12H17N3O3S. The molecule has 0 saturated carbocycles. The lowest BCUT2D eigenvalue weighted by Crippen LogP contribution is -2.35. The number of rotatable bonds is 6. The van der Waals surface area contributed by atoms with Crippen molar-refractivity contribution in [1.82, 2.24) is 0 Å². The van der Waals surface area contributed by atoms with E-state index in [0.717, 1.165) is 0 Å². The maximum Gasteiger partial charge on any atom is 0.241 e. The van der Waals surface area contributed by atoms with E-state index in [1.807, 2.05) is 0 Å². The molecule has 0 radical (unpaired) electrons. The lowest BCUT2D eigenvalue weighted by molar-refractivity contribution is -0.117. The number of nitrogens with two attached hydrogens (primary N) is 2. The molecule has 0 aliphatic carbocycles. The third-order valence-corrected chi connectivity index (χ3v) is 3.08. The number of anilines is 1. The van der Waals surface area contributed by atoms with Crippen molar-refractivity contribution in [3.63, 3.8) is 0 Å². The van der Waals surface area contributed by atoms with Crippen LogP contribution in [-0.4, -0.2) is 20.4 Å². The number of primary sulfonamides is 1. The maximum absolute atomic E-state index is 11.6. The second-order valence-corrected chi connectivity index (χ2v) is 5.74. The first-order valence-electron chi connectivity index (χ1n) is 5.58. The van der Waals surface area contributed by atoms with Crippen molar-refractivity contribution < 1.29 is 13.2 Å². The fraction of sp³-hybridized carbons (Fsp3) is 0.250. The Balaban J connectivity index is 2.67. The molecule has 0 heterocycles. The van der Waals surface area contributed by atoms with Gasteiger partial charge in [-0.25, -0.2) is 13.6 Å². The van der Waals surface area contributed by atoms with Gasteiger partial charge in [0.1, 0.15) is 0 Å². The Hall–Kier alpha value is -1.70. The summed E-state index contributed by atoms with van der Waals surface area (Å²) in [5, 5.41) is 7.56. The van der Waals surface area contributed by atoms with Crippen LogP contribution in [0, 0.1) is 0 Å². The van der Waals surface area contributed by atoms with Crippen LogP contribution in [0.25, 0.3) is 0 Å². The first kappa shape index (κ1) is 15.4. The van der Waals surface area contributed by atoms with Crippen LogP contribution < -0.4 is 16.2 Å². The Morgan fingerprint density at radius 3 is 2.42 bits per heavy atom. The molecular weight excluding hydrogens is 266 g/mol. The number of benzene rings is 1. The van der Waals surface area contributed by atoms with Crippen molar-refractivity contribution in [2.24, 2.45) is 10.9 Å². The summed E-state index contributed by atoms with van der Waals surface area (Å²) in [6.07, 6.45) is 1.95. The van der Waals surface area contributed by atoms with Crippen molar-refractivity contribution in [3.8, 4) is 0 Å².